The van der Waals surface area contributed by atoms with Gasteiger partial charge in [0.15, 0.2) is 0 Å². The van der Waals surface area contributed by atoms with Crippen molar-refractivity contribution in [3.05, 3.63) is 0 Å². The lowest BCUT2D eigenvalue weighted by Crippen LogP contribution is -1.98. The molecule has 0 heteroatoms. The van der Waals surface area contributed by atoms with Gasteiger partial charge in [-0.05, 0) is 36.5 Å². The van der Waals surface area contributed by atoms with E-state index in [9.17, 15) is 0 Å². The Hall–Kier alpha value is 0. The molecular formula is C14H28. The van der Waals surface area contributed by atoms with E-state index in [1.807, 2.05) is 0 Å². The number of hydrogen-bond acceptors (Lipinski definition) is 0. The van der Waals surface area contributed by atoms with Crippen LogP contribution in [-0.2, 0) is 0 Å². The van der Waals surface area contributed by atoms with Crippen molar-refractivity contribution in [1.29, 1.82) is 0 Å². The van der Waals surface area contributed by atoms with Crippen LogP contribution in [0.15, 0.2) is 0 Å². The SMILES string of the molecule is CCC1CC1CC(C)CCCC(C)C. The minimum atomic E-state index is 0.895. The molecule has 0 aliphatic heterocycles. The highest BCUT2D eigenvalue weighted by atomic mass is 14.4. The molecule has 1 aliphatic rings. The zero-order valence-corrected chi connectivity index (χ0v) is 10.6. The smallest absolute Gasteiger partial charge is 0.0381 e. The van der Waals surface area contributed by atoms with E-state index in [0.717, 1.165) is 23.7 Å². The highest BCUT2D eigenvalue weighted by molar-refractivity contribution is 4.85. The van der Waals surface area contributed by atoms with E-state index < -0.39 is 0 Å². The van der Waals surface area contributed by atoms with E-state index in [0.29, 0.717) is 0 Å². The second-order valence-corrected chi connectivity index (χ2v) is 5.83. The van der Waals surface area contributed by atoms with Gasteiger partial charge in [-0.1, -0.05) is 53.4 Å². The van der Waals surface area contributed by atoms with E-state index in [1.54, 1.807) is 0 Å². The first-order chi connectivity index (χ1) is 6.63. The van der Waals surface area contributed by atoms with Gasteiger partial charge in [0, 0.05) is 0 Å². The molecule has 3 unspecified atom stereocenters. The van der Waals surface area contributed by atoms with Gasteiger partial charge in [0.25, 0.3) is 0 Å². The van der Waals surface area contributed by atoms with Crippen LogP contribution in [0.4, 0.5) is 0 Å². The van der Waals surface area contributed by atoms with Gasteiger partial charge in [0.1, 0.15) is 0 Å². The molecule has 0 spiro atoms. The van der Waals surface area contributed by atoms with Crippen molar-refractivity contribution in [2.45, 2.75) is 66.2 Å². The van der Waals surface area contributed by atoms with E-state index in [2.05, 4.69) is 27.7 Å². The normalized spacial score (nSPS) is 28.1. The molecule has 0 N–H and O–H groups in total. The van der Waals surface area contributed by atoms with Gasteiger partial charge in [-0.3, -0.25) is 0 Å². The lowest BCUT2D eigenvalue weighted by Gasteiger charge is -2.11. The van der Waals surface area contributed by atoms with Crippen molar-refractivity contribution >= 4 is 0 Å². The summed E-state index contributed by atoms with van der Waals surface area (Å²) in [6.45, 7) is 9.46. The van der Waals surface area contributed by atoms with Crippen molar-refractivity contribution in [3.63, 3.8) is 0 Å². The van der Waals surface area contributed by atoms with E-state index in [1.165, 1.54) is 38.5 Å². The maximum absolute atomic E-state index is 2.45. The first-order valence-corrected chi connectivity index (χ1v) is 6.63. The van der Waals surface area contributed by atoms with Crippen LogP contribution in [0.25, 0.3) is 0 Å². The molecule has 1 fully saturated rings. The standard InChI is InChI=1S/C14H28/c1-5-13-10-14(13)9-12(4)8-6-7-11(2)3/h11-14H,5-10H2,1-4H3. The third-order valence-electron chi connectivity index (χ3n) is 3.78. The maximum Gasteiger partial charge on any atom is -0.0381 e. The highest BCUT2D eigenvalue weighted by Crippen LogP contribution is 2.45. The van der Waals surface area contributed by atoms with Crippen LogP contribution in [0.5, 0.6) is 0 Å². The van der Waals surface area contributed by atoms with Crippen LogP contribution >= 0.6 is 0 Å². The van der Waals surface area contributed by atoms with Crippen LogP contribution < -0.4 is 0 Å². The van der Waals surface area contributed by atoms with Crippen molar-refractivity contribution in [1.82, 2.24) is 0 Å². The summed E-state index contributed by atoms with van der Waals surface area (Å²) < 4.78 is 0. The molecule has 0 bridgehead atoms. The van der Waals surface area contributed by atoms with Crippen molar-refractivity contribution in [2.75, 3.05) is 0 Å². The molecule has 1 rings (SSSR count). The summed E-state index contributed by atoms with van der Waals surface area (Å²) in [6, 6.07) is 0. The van der Waals surface area contributed by atoms with Crippen LogP contribution in [0.2, 0.25) is 0 Å². The van der Waals surface area contributed by atoms with Gasteiger partial charge in [-0.15, -0.1) is 0 Å². The molecule has 3 atom stereocenters. The number of hydrogen-bond donors (Lipinski definition) is 0. The zero-order chi connectivity index (χ0) is 10.6. The van der Waals surface area contributed by atoms with Gasteiger partial charge >= 0.3 is 0 Å². The predicted molar refractivity (Wildman–Crippen MR) is 64.4 cm³/mol. The minimum absolute atomic E-state index is 0.895. The van der Waals surface area contributed by atoms with Gasteiger partial charge in [0.05, 0.1) is 0 Å². The summed E-state index contributed by atoms with van der Waals surface area (Å²) >= 11 is 0. The largest absolute Gasteiger partial charge is 0.0651 e. The summed E-state index contributed by atoms with van der Waals surface area (Å²) in [5.41, 5.74) is 0. The molecule has 0 saturated heterocycles. The molecule has 84 valence electrons. The topological polar surface area (TPSA) is 0 Å². The molecule has 1 saturated carbocycles. The summed E-state index contributed by atoms with van der Waals surface area (Å²) in [6.07, 6.45) is 8.80. The third-order valence-corrected chi connectivity index (χ3v) is 3.78. The Morgan fingerprint density at radius 3 is 2.29 bits per heavy atom. The average Bonchev–Trinajstić information content (AvgIpc) is 2.82. The molecule has 0 aromatic carbocycles. The Morgan fingerprint density at radius 2 is 1.79 bits per heavy atom. The highest BCUT2D eigenvalue weighted by Gasteiger charge is 2.35. The monoisotopic (exact) mass is 196 g/mol. The molecule has 0 nitrogen and oxygen atoms in total. The Morgan fingerprint density at radius 1 is 1.07 bits per heavy atom. The lowest BCUT2D eigenvalue weighted by molar-refractivity contribution is 0.409. The first kappa shape index (κ1) is 12.1. The summed E-state index contributed by atoms with van der Waals surface area (Å²) in [5, 5.41) is 0. The fraction of sp³-hybridized carbons (Fsp3) is 1.00. The van der Waals surface area contributed by atoms with Crippen molar-refractivity contribution in [3.8, 4) is 0 Å². The second-order valence-electron chi connectivity index (χ2n) is 5.83. The third kappa shape index (κ3) is 4.48. The molecule has 0 radical (unpaired) electrons. The molecule has 14 heavy (non-hydrogen) atoms. The Bertz CT molecular complexity index is 148. The maximum atomic E-state index is 2.45. The molecule has 0 amide bonds. The predicted octanol–water partition coefficient (Wildman–Crippen LogP) is 4.89. The van der Waals surface area contributed by atoms with Crippen LogP contribution in [0.3, 0.4) is 0 Å². The second kappa shape index (κ2) is 5.78. The van der Waals surface area contributed by atoms with E-state index in [-0.39, 0.29) is 0 Å². The van der Waals surface area contributed by atoms with Crippen LogP contribution in [0.1, 0.15) is 66.2 Å². The van der Waals surface area contributed by atoms with Crippen LogP contribution in [0, 0.1) is 23.7 Å². The van der Waals surface area contributed by atoms with E-state index in [4.69, 9.17) is 0 Å². The first-order valence-electron chi connectivity index (χ1n) is 6.63. The quantitative estimate of drug-likeness (QED) is 0.544. The van der Waals surface area contributed by atoms with E-state index >= 15 is 0 Å². The molecule has 0 heterocycles. The van der Waals surface area contributed by atoms with Crippen molar-refractivity contribution in [2.24, 2.45) is 23.7 Å². The fourth-order valence-corrected chi connectivity index (χ4v) is 2.61. The Balaban J connectivity index is 1.97. The summed E-state index contributed by atoms with van der Waals surface area (Å²) in [7, 11) is 0. The Kier molecular flexibility index (Phi) is 4.98. The molecule has 0 aromatic heterocycles. The fourth-order valence-electron chi connectivity index (χ4n) is 2.61. The van der Waals surface area contributed by atoms with Gasteiger partial charge in [-0.2, -0.15) is 0 Å². The van der Waals surface area contributed by atoms with Crippen LogP contribution in [-0.4, -0.2) is 0 Å². The average molecular weight is 196 g/mol. The molecule has 0 aromatic rings. The lowest BCUT2D eigenvalue weighted by atomic mass is 9.95. The number of rotatable bonds is 7. The van der Waals surface area contributed by atoms with Gasteiger partial charge in [-0.25, -0.2) is 0 Å². The van der Waals surface area contributed by atoms with Crippen molar-refractivity contribution < 1.29 is 0 Å². The minimum Gasteiger partial charge on any atom is -0.0651 e. The molecular weight excluding hydrogens is 168 g/mol. The molecule has 1 aliphatic carbocycles. The Labute approximate surface area is 90.5 Å². The van der Waals surface area contributed by atoms with Gasteiger partial charge in [0.2, 0.25) is 0 Å². The summed E-state index contributed by atoms with van der Waals surface area (Å²) in [5.74, 6) is 4.08. The van der Waals surface area contributed by atoms with Gasteiger partial charge < -0.3 is 0 Å². The summed E-state index contributed by atoms with van der Waals surface area (Å²) in [4.78, 5) is 0. The zero-order valence-electron chi connectivity index (χ0n) is 10.6.